The third-order valence-electron chi connectivity index (χ3n) is 6.78. The van der Waals surface area contributed by atoms with Crippen LogP contribution in [-0.2, 0) is 0 Å². The Bertz CT molecular complexity index is 1650. The summed E-state index contributed by atoms with van der Waals surface area (Å²) in [4.78, 5) is 27.0. The number of halogens is 4. The van der Waals surface area contributed by atoms with Gasteiger partial charge in [0.1, 0.15) is 23.2 Å². The lowest BCUT2D eigenvalue weighted by Gasteiger charge is -2.31. The first-order chi connectivity index (χ1) is 22.7. The van der Waals surface area contributed by atoms with Crippen LogP contribution in [0.3, 0.4) is 0 Å². The third-order valence-corrected chi connectivity index (χ3v) is 18.3. The van der Waals surface area contributed by atoms with Gasteiger partial charge in [-0.3, -0.25) is 9.59 Å². The second-order valence-corrected chi connectivity index (χ2v) is 19.1. The molecule has 0 saturated carbocycles. The van der Waals surface area contributed by atoms with Crippen molar-refractivity contribution in [2.24, 2.45) is 0 Å². The molecule has 5 aromatic carbocycles. The summed E-state index contributed by atoms with van der Waals surface area (Å²) in [5, 5.41) is 3.77. The van der Waals surface area contributed by atoms with Crippen LogP contribution in [-0.4, -0.2) is 21.8 Å². The van der Waals surface area contributed by atoms with Crippen LogP contribution in [0.2, 0.25) is 0 Å². The van der Waals surface area contributed by atoms with Crippen LogP contribution in [0.25, 0.3) is 0 Å². The van der Waals surface area contributed by atoms with Crippen LogP contribution in [0.1, 0.15) is 20.7 Å². The van der Waals surface area contributed by atoms with E-state index >= 15 is 0 Å². The van der Waals surface area contributed by atoms with E-state index in [4.69, 9.17) is 0 Å². The molecule has 2 nitrogen and oxygen atoms in total. The minimum Gasteiger partial charge on any atom is -0.418 e. The van der Waals surface area contributed by atoms with Crippen molar-refractivity contribution in [3.05, 3.63) is 171 Å². The van der Waals surface area contributed by atoms with Gasteiger partial charge in [-0.1, -0.05) is 139 Å². The predicted octanol–water partition coefficient (Wildman–Crippen LogP) is 10.3. The highest BCUT2D eigenvalue weighted by atomic mass is 32.3. The topological polar surface area (TPSA) is 34.1 Å². The molecule has 0 unspecified atom stereocenters. The van der Waals surface area contributed by atoms with Gasteiger partial charge in [0, 0.05) is 11.1 Å². The van der Waals surface area contributed by atoms with Crippen LogP contribution >= 0.6 is 54.3 Å². The fourth-order valence-electron chi connectivity index (χ4n) is 4.83. The number of rotatable bonds is 8. The molecule has 5 aromatic rings. The van der Waals surface area contributed by atoms with E-state index < -0.39 is 14.5 Å². The summed E-state index contributed by atoms with van der Waals surface area (Å²) in [5.41, 5.74) is 1.30. The lowest BCUT2D eigenvalue weighted by Crippen LogP contribution is -2.35. The second-order valence-electron chi connectivity index (χ2n) is 9.85. The zero-order valence-electron chi connectivity index (χ0n) is 24.5. The van der Waals surface area contributed by atoms with Gasteiger partial charge in [-0.2, -0.15) is 0 Å². The summed E-state index contributed by atoms with van der Waals surface area (Å²) in [5.74, 6) is 0. The molecule has 0 saturated heterocycles. The molecule has 0 aliphatic carbocycles. The standard InChI is InChI=1S/C35H26O2PS4.BF4/c36-31(26-16-6-1-7-17-26)39-33-34(40-32(37)27-18-8-2-9-19-27)42-35(41-33)38(28-20-10-3-11-21-28,29-22-12-4-13-23-29)30-24-14-5-15-25-30;2-1(3,4)5/h1-25,35H;/q+1;-1. The smallest absolute Gasteiger partial charge is 0.418 e. The van der Waals surface area contributed by atoms with Gasteiger partial charge in [-0.25, -0.2) is 0 Å². The molecule has 0 fully saturated rings. The van der Waals surface area contributed by atoms with Crippen LogP contribution in [0.15, 0.2) is 160 Å². The molecule has 0 spiro atoms. The van der Waals surface area contributed by atoms with Crippen molar-refractivity contribution in [1.29, 1.82) is 0 Å². The highest BCUT2D eigenvalue weighted by Gasteiger charge is 2.56. The van der Waals surface area contributed by atoms with Crippen molar-refractivity contribution in [1.82, 2.24) is 0 Å². The lowest BCUT2D eigenvalue weighted by atomic mass is 10.2. The van der Waals surface area contributed by atoms with Gasteiger partial charge in [0.05, 0.1) is 8.47 Å². The fraction of sp³-hybridized carbons (Fsp3) is 0.0286. The largest absolute Gasteiger partial charge is 0.673 e. The average Bonchev–Trinajstić information content (AvgIpc) is 3.48. The number of benzene rings is 5. The Labute approximate surface area is 288 Å². The molecule has 1 aliphatic heterocycles. The summed E-state index contributed by atoms with van der Waals surface area (Å²) in [6.45, 7) is 0. The lowest BCUT2D eigenvalue weighted by molar-refractivity contribution is 0.108. The minimum atomic E-state index is -6.00. The molecule has 0 bridgehead atoms. The number of carbonyl (C=O) groups excluding carboxylic acids is 2. The Kier molecular flexibility index (Phi) is 12.2. The Morgan fingerprint density at radius 2 is 0.745 bits per heavy atom. The van der Waals surface area contributed by atoms with Crippen LogP contribution in [0.4, 0.5) is 17.3 Å². The summed E-state index contributed by atoms with van der Waals surface area (Å²) in [6, 6.07) is 50.9. The van der Waals surface area contributed by atoms with Crippen molar-refractivity contribution in [2.75, 3.05) is 0 Å². The number of hydrogen-bond acceptors (Lipinski definition) is 6. The van der Waals surface area contributed by atoms with Gasteiger partial charge in [0.25, 0.3) is 0 Å². The Morgan fingerprint density at radius 1 is 0.489 bits per heavy atom. The first kappa shape index (κ1) is 35.1. The summed E-state index contributed by atoms with van der Waals surface area (Å²) >= 11 is 5.94. The molecule has 0 N–H and O–H groups in total. The van der Waals surface area contributed by atoms with Crippen LogP contribution in [0, 0.1) is 0 Å². The first-order valence-electron chi connectivity index (χ1n) is 14.2. The number of carbonyl (C=O) groups is 2. The highest BCUT2D eigenvalue weighted by Crippen LogP contribution is 2.73. The van der Waals surface area contributed by atoms with E-state index in [0.717, 1.165) is 8.47 Å². The Hall–Kier alpha value is -3.21. The maximum atomic E-state index is 13.5. The summed E-state index contributed by atoms with van der Waals surface area (Å²) in [6.07, 6.45) is 0. The normalized spacial score (nSPS) is 13.5. The Morgan fingerprint density at radius 3 is 1.02 bits per heavy atom. The molecule has 1 heterocycles. The van der Waals surface area contributed by atoms with Crippen LogP contribution in [0.5, 0.6) is 0 Å². The summed E-state index contributed by atoms with van der Waals surface area (Å²) < 4.78 is 40.8. The van der Waals surface area contributed by atoms with E-state index in [-0.39, 0.29) is 14.6 Å². The maximum absolute atomic E-state index is 13.5. The molecular formula is C35H26BF4O2PS4. The van der Waals surface area contributed by atoms with E-state index in [1.54, 1.807) is 23.5 Å². The van der Waals surface area contributed by atoms with Gasteiger partial charge >= 0.3 is 7.25 Å². The first-order valence-corrected chi connectivity index (χ1v) is 19.5. The minimum absolute atomic E-state index is 0.0207. The van der Waals surface area contributed by atoms with Gasteiger partial charge in [-0.05, 0) is 59.9 Å². The number of hydrogen-bond donors (Lipinski definition) is 0. The van der Waals surface area contributed by atoms with Crippen molar-refractivity contribution in [3.8, 4) is 0 Å². The molecule has 0 amide bonds. The molecule has 6 rings (SSSR count). The molecule has 0 radical (unpaired) electrons. The molecule has 47 heavy (non-hydrogen) atoms. The van der Waals surface area contributed by atoms with Crippen molar-refractivity contribution in [3.63, 3.8) is 0 Å². The maximum Gasteiger partial charge on any atom is 0.673 e. The van der Waals surface area contributed by atoms with E-state index in [1.807, 2.05) is 60.7 Å². The molecule has 12 heteroatoms. The Balaban J connectivity index is 0.000000807. The van der Waals surface area contributed by atoms with Crippen molar-refractivity contribution < 1.29 is 26.9 Å². The van der Waals surface area contributed by atoms with E-state index in [9.17, 15) is 26.9 Å². The van der Waals surface area contributed by atoms with Gasteiger partial charge < -0.3 is 17.3 Å². The van der Waals surface area contributed by atoms with E-state index in [0.29, 0.717) is 11.1 Å². The zero-order valence-corrected chi connectivity index (χ0v) is 28.7. The highest BCUT2D eigenvalue weighted by molar-refractivity contribution is 8.46. The van der Waals surface area contributed by atoms with Gasteiger partial charge in [0.15, 0.2) is 4.32 Å². The summed E-state index contributed by atoms with van der Waals surface area (Å²) in [7, 11) is -8.27. The third kappa shape index (κ3) is 9.03. The molecular weight excluding hydrogens is 698 g/mol. The quantitative estimate of drug-likeness (QED) is 0.0901. The molecule has 238 valence electrons. The number of thioether (sulfide) groups is 4. The van der Waals surface area contributed by atoms with Crippen LogP contribution < -0.4 is 15.9 Å². The van der Waals surface area contributed by atoms with E-state index in [2.05, 4.69) is 91.0 Å². The van der Waals surface area contributed by atoms with Crippen molar-refractivity contribution in [2.45, 2.75) is 4.32 Å². The van der Waals surface area contributed by atoms with Crippen molar-refractivity contribution >= 4 is 87.7 Å². The predicted molar refractivity (Wildman–Crippen MR) is 198 cm³/mol. The monoisotopic (exact) mass is 724 g/mol. The molecule has 1 aliphatic rings. The van der Waals surface area contributed by atoms with Gasteiger partial charge in [-0.15, -0.1) is 0 Å². The van der Waals surface area contributed by atoms with Gasteiger partial charge in [0.2, 0.25) is 10.2 Å². The SMILES string of the molecule is F[B-](F)(F)F.O=C(SC1=C(SC(=O)c2ccccc2)SC([P+](c2ccccc2)(c2ccccc2)c2ccccc2)S1)c1ccccc1. The average molecular weight is 725 g/mol. The molecule has 0 aromatic heterocycles. The molecule has 0 atom stereocenters. The zero-order chi connectivity index (χ0) is 33.3. The van der Waals surface area contributed by atoms with E-state index in [1.165, 1.54) is 39.4 Å². The second kappa shape index (κ2) is 16.3. The fourth-order valence-corrected chi connectivity index (χ4v) is 18.1.